The zero-order valence-electron chi connectivity index (χ0n) is 17.4. The van der Waals surface area contributed by atoms with E-state index in [-0.39, 0.29) is 11.3 Å². The van der Waals surface area contributed by atoms with Gasteiger partial charge in [-0.3, -0.25) is 14.8 Å². The van der Waals surface area contributed by atoms with Crippen molar-refractivity contribution in [3.63, 3.8) is 0 Å². The molecule has 2 fully saturated rings. The number of carbonyl (C=O) groups excluding carboxylic acids is 1. The maximum absolute atomic E-state index is 12.9. The lowest BCUT2D eigenvalue weighted by Gasteiger charge is -2.32. The molecule has 2 aromatic rings. The number of rotatable bonds is 7. The number of H-pyrrole nitrogens is 1. The molecular formula is C23H31ClN4O. The molecule has 1 aliphatic heterocycles. The van der Waals surface area contributed by atoms with E-state index in [2.05, 4.69) is 40.3 Å². The molecule has 4 rings (SSSR count). The van der Waals surface area contributed by atoms with Gasteiger partial charge in [0.05, 0.1) is 11.1 Å². The van der Waals surface area contributed by atoms with Gasteiger partial charge in [0.2, 0.25) is 5.91 Å². The lowest BCUT2D eigenvalue weighted by atomic mass is 9.93. The Morgan fingerprint density at radius 2 is 2.10 bits per heavy atom. The maximum atomic E-state index is 12.9. The Kier molecular flexibility index (Phi) is 5.98. The Morgan fingerprint density at radius 1 is 1.34 bits per heavy atom. The second-order valence-electron chi connectivity index (χ2n) is 9.02. The van der Waals surface area contributed by atoms with Gasteiger partial charge in [-0.15, -0.1) is 0 Å². The maximum Gasteiger partial charge on any atom is 0.230 e. The van der Waals surface area contributed by atoms with Crippen LogP contribution in [0.1, 0.15) is 62.4 Å². The predicted octanol–water partition coefficient (Wildman–Crippen LogP) is 4.25. The molecule has 1 aromatic heterocycles. The number of nitrogens with zero attached hydrogens (tertiary/aromatic N) is 2. The van der Waals surface area contributed by atoms with Crippen LogP contribution in [0.5, 0.6) is 0 Å². The van der Waals surface area contributed by atoms with Crippen LogP contribution in [0.15, 0.2) is 30.3 Å². The molecule has 1 atom stereocenters. The summed E-state index contributed by atoms with van der Waals surface area (Å²) in [6, 6.07) is 9.92. The monoisotopic (exact) mass is 414 g/mol. The van der Waals surface area contributed by atoms with Crippen molar-refractivity contribution in [3.8, 4) is 0 Å². The summed E-state index contributed by atoms with van der Waals surface area (Å²) in [4.78, 5) is 15.4. The zero-order chi connectivity index (χ0) is 20.4. The summed E-state index contributed by atoms with van der Waals surface area (Å²) >= 11 is 6.00. The van der Waals surface area contributed by atoms with E-state index >= 15 is 0 Å². The quantitative estimate of drug-likeness (QED) is 0.712. The molecule has 1 aromatic carbocycles. The second-order valence-corrected chi connectivity index (χ2v) is 9.45. The van der Waals surface area contributed by atoms with Crippen LogP contribution in [0, 0.1) is 5.92 Å². The normalized spacial score (nSPS) is 21.3. The Hall–Kier alpha value is -1.85. The summed E-state index contributed by atoms with van der Waals surface area (Å²) < 4.78 is 0. The average Bonchev–Trinajstić information content (AvgIpc) is 3.39. The first kappa shape index (κ1) is 20.4. The first-order valence-corrected chi connectivity index (χ1v) is 11.1. The number of carbonyl (C=O) groups is 1. The minimum absolute atomic E-state index is 0.173. The Balaban J connectivity index is 1.29. The summed E-state index contributed by atoms with van der Waals surface area (Å²) in [7, 11) is 0. The lowest BCUT2D eigenvalue weighted by molar-refractivity contribution is -0.123. The molecule has 6 heteroatoms. The van der Waals surface area contributed by atoms with Crippen molar-refractivity contribution >= 4 is 17.5 Å². The van der Waals surface area contributed by atoms with E-state index in [4.69, 9.17) is 11.6 Å². The highest BCUT2D eigenvalue weighted by Gasteiger charge is 2.51. The highest BCUT2D eigenvalue weighted by atomic mass is 35.5. The van der Waals surface area contributed by atoms with E-state index in [1.165, 1.54) is 18.5 Å². The van der Waals surface area contributed by atoms with Crippen molar-refractivity contribution in [2.45, 2.75) is 57.4 Å². The van der Waals surface area contributed by atoms with Crippen LogP contribution < -0.4 is 5.32 Å². The molecule has 2 N–H and O–H groups in total. The zero-order valence-corrected chi connectivity index (χ0v) is 18.1. The van der Waals surface area contributed by atoms with Crippen LogP contribution >= 0.6 is 11.6 Å². The molecule has 1 saturated carbocycles. The van der Waals surface area contributed by atoms with Crippen molar-refractivity contribution in [2.24, 2.45) is 5.92 Å². The topological polar surface area (TPSA) is 61.0 Å². The van der Waals surface area contributed by atoms with Crippen molar-refractivity contribution < 1.29 is 4.79 Å². The van der Waals surface area contributed by atoms with Crippen molar-refractivity contribution in [3.05, 3.63) is 52.3 Å². The first-order chi connectivity index (χ1) is 14.0. The molecule has 0 bridgehead atoms. The Morgan fingerprint density at radius 3 is 2.76 bits per heavy atom. The molecule has 156 valence electrons. The standard InChI is InChI=1S/C23H31ClN4O/c1-16(2)21-12-20(26-27-21)15-28-11-3-4-17(14-28)13-25-22(29)23(9-10-23)18-5-7-19(24)8-6-18/h5-8,12,16-17H,3-4,9-11,13-15H2,1-2H3,(H,25,29)(H,26,27)/t17-/m1/s1. The van der Waals surface area contributed by atoms with E-state index in [1.54, 1.807) is 0 Å². The van der Waals surface area contributed by atoms with E-state index in [1.807, 2.05) is 24.3 Å². The third-order valence-electron chi connectivity index (χ3n) is 6.37. The van der Waals surface area contributed by atoms with Crippen LogP contribution in [-0.4, -0.2) is 40.6 Å². The van der Waals surface area contributed by atoms with Gasteiger partial charge in [0.1, 0.15) is 0 Å². The average molecular weight is 415 g/mol. The predicted molar refractivity (Wildman–Crippen MR) is 116 cm³/mol. The van der Waals surface area contributed by atoms with Crippen molar-refractivity contribution in [1.29, 1.82) is 0 Å². The molecule has 2 heterocycles. The fourth-order valence-electron chi connectivity index (χ4n) is 4.41. The number of piperidine rings is 1. The first-order valence-electron chi connectivity index (χ1n) is 10.8. The minimum atomic E-state index is -0.331. The van der Waals surface area contributed by atoms with Gasteiger partial charge in [0, 0.05) is 30.4 Å². The highest BCUT2D eigenvalue weighted by molar-refractivity contribution is 6.30. The van der Waals surface area contributed by atoms with E-state index in [0.717, 1.165) is 50.3 Å². The molecular weight excluding hydrogens is 384 g/mol. The van der Waals surface area contributed by atoms with Crippen molar-refractivity contribution in [2.75, 3.05) is 19.6 Å². The van der Waals surface area contributed by atoms with Crippen LogP contribution in [0.2, 0.25) is 5.02 Å². The Bertz CT molecular complexity index is 841. The largest absolute Gasteiger partial charge is 0.355 e. The molecule has 1 saturated heterocycles. The second kappa shape index (κ2) is 8.49. The molecule has 1 aliphatic carbocycles. The molecule has 0 spiro atoms. The number of benzene rings is 1. The molecule has 0 radical (unpaired) electrons. The van der Waals surface area contributed by atoms with Gasteiger partial charge in [0.15, 0.2) is 0 Å². The summed E-state index contributed by atoms with van der Waals surface area (Å²) in [5, 5.41) is 11.6. The molecule has 29 heavy (non-hydrogen) atoms. The van der Waals surface area contributed by atoms with Gasteiger partial charge < -0.3 is 5.32 Å². The van der Waals surface area contributed by atoms with E-state index in [9.17, 15) is 4.79 Å². The van der Waals surface area contributed by atoms with Gasteiger partial charge in [-0.05, 0) is 67.8 Å². The Labute approximate surface area is 178 Å². The minimum Gasteiger partial charge on any atom is -0.355 e. The summed E-state index contributed by atoms with van der Waals surface area (Å²) in [5.74, 6) is 1.12. The van der Waals surface area contributed by atoms with Crippen LogP contribution in [0.4, 0.5) is 0 Å². The smallest absolute Gasteiger partial charge is 0.230 e. The summed E-state index contributed by atoms with van der Waals surface area (Å²) in [6.45, 7) is 8.11. The number of aromatic amines is 1. The van der Waals surface area contributed by atoms with Gasteiger partial charge in [-0.2, -0.15) is 5.10 Å². The third kappa shape index (κ3) is 4.67. The lowest BCUT2D eigenvalue weighted by Crippen LogP contribution is -2.43. The number of aromatic nitrogens is 2. The van der Waals surface area contributed by atoms with Gasteiger partial charge in [0.25, 0.3) is 0 Å². The van der Waals surface area contributed by atoms with E-state index in [0.29, 0.717) is 16.9 Å². The molecule has 1 amide bonds. The molecule has 5 nitrogen and oxygen atoms in total. The van der Waals surface area contributed by atoms with Crippen LogP contribution in [0.3, 0.4) is 0 Å². The van der Waals surface area contributed by atoms with E-state index < -0.39 is 0 Å². The number of halogens is 1. The van der Waals surface area contributed by atoms with Gasteiger partial charge >= 0.3 is 0 Å². The third-order valence-corrected chi connectivity index (χ3v) is 6.62. The van der Waals surface area contributed by atoms with Crippen molar-refractivity contribution in [1.82, 2.24) is 20.4 Å². The number of amides is 1. The number of likely N-dealkylation sites (tertiary alicyclic amines) is 1. The number of hydrogen-bond acceptors (Lipinski definition) is 3. The van der Waals surface area contributed by atoms with Gasteiger partial charge in [-0.1, -0.05) is 37.6 Å². The van der Waals surface area contributed by atoms with Crippen LogP contribution in [-0.2, 0) is 16.8 Å². The van der Waals surface area contributed by atoms with Gasteiger partial charge in [-0.25, -0.2) is 0 Å². The number of hydrogen-bond donors (Lipinski definition) is 2. The number of nitrogens with one attached hydrogen (secondary N) is 2. The summed E-state index contributed by atoms with van der Waals surface area (Å²) in [5.41, 5.74) is 3.06. The summed E-state index contributed by atoms with van der Waals surface area (Å²) in [6.07, 6.45) is 4.20. The fourth-order valence-corrected chi connectivity index (χ4v) is 4.53. The fraction of sp³-hybridized carbons (Fsp3) is 0.565. The SMILES string of the molecule is CC(C)c1cc(CN2CCC[C@H](CNC(=O)C3(c4ccc(Cl)cc4)CC3)C2)[nH]n1. The highest BCUT2D eigenvalue weighted by Crippen LogP contribution is 2.48. The molecule has 2 aliphatic rings. The van der Waals surface area contributed by atoms with Crippen LogP contribution in [0.25, 0.3) is 0 Å². The molecule has 0 unspecified atom stereocenters.